The second-order valence-electron chi connectivity index (χ2n) is 6.31. The number of ether oxygens (including phenoxy) is 1. The minimum Gasteiger partial charge on any atom is -0.497 e. The first kappa shape index (κ1) is 16.5. The number of benzene rings is 1. The summed E-state index contributed by atoms with van der Waals surface area (Å²) in [5.74, 6) is 2.82. The predicted molar refractivity (Wildman–Crippen MR) is 98.2 cm³/mol. The fourth-order valence-corrected chi connectivity index (χ4v) is 2.96. The molecule has 134 valence electrons. The molecule has 1 fully saturated rings. The first-order chi connectivity index (χ1) is 12.8. The Morgan fingerprint density at radius 2 is 2.12 bits per heavy atom. The van der Waals surface area contributed by atoms with Gasteiger partial charge in [-0.25, -0.2) is 4.98 Å². The van der Waals surface area contributed by atoms with E-state index < -0.39 is 0 Å². The zero-order chi connectivity index (χ0) is 17.8. The van der Waals surface area contributed by atoms with Crippen molar-refractivity contribution in [1.29, 1.82) is 0 Å². The summed E-state index contributed by atoms with van der Waals surface area (Å²) in [6.45, 7) is 2.02. The molecule has 1 atom stereocenters. The quantitative estimate of drug-likeness (QED) is 0.706. The second kappa shape index (κ2) is 7.53. The van der Waals surface area contributed by atoms with Crippen LogP contribution in [0.3, 0.4) is 0 Å². The maximum absolute atomic E-state index is 5.38. The summed E-state index contributed by atoms with van der Waals surface area (Å²) < 4.78 is 10.6. The number of nitrogens with one attached hydrogen (secondary N) is 2. The number of rotatable bonds is 6. The third-order valence-corrected chi connectivity index (χ3v) is 4.41. The Labute approximate surface area is 151 Å². The number of pyridine rings is 1. The van der Waals surface area contributed by atoms with Crippen LogP contribution in [-0.2, 0) is 6.42 Å². The van der Waals surface area contributed by atoms with Gasteiger partial charge < -0.3 is 19.9 Å². The van der Waals surface area contributed by atoms with Gasteiger partial charge in [-0.2, -0.15) is 4.98 Å². The highest BCUT2D eigenvalue weighted by Crippen LogP contribution is 2.20. The largest absolute Gasteiger partial charge is 0.497 e. The van der Waals surface area contributed by atoms with Crippen LogP contribution in [0.1, 0.15) is 17.8 Å². The van der Waals surface area contributed by atoms with E-state index in [1.54, 1.807) is 13.3 Å². The van der Waals surface area contributed by atoms with E-state index in [4.69, 9.17) is 9.26 Å². The van der Waals surface area contributed by atoms with Crippen LogP contribution in [0.15, 0.2) is 47.1 Å². The van der Waals surface area contributed by atoms with Gasteiger partial charge in [0.05, 0.1) is 12.7 Å². The third-order valence-electron chi connectivity index (χ3n) is 4.41. The summed E-state index contributed by atoms with van der Waals surface area (Å²) in [6, 6.07) is 12.2. The molecule has 0 radical (unpaired) electrons. The molecular formula is C19H21N5O2. The van der Waals surface area contributed by atoms with Crippen molar-refractivity contribution in [2.24, 2.45) is 0 Å². The molecule has 3 heterocycles. The molecule has 0 aliphatic carbocycles. The van der Waals surface area contributed by atoms with Crippen molar-refractivity contribution in [3.8, 4) is 17.2 Å². The molecule has 26 heavy (non-hydrogen) atoms. The number of nitrogens with zero attached hydrogens (tertiary/aromatic N) is 3. The van der Waals surface area contributed by atoms with E-state index in [0.29, 0.717) is 24.2 Å². The smallest absolute Gasteiger partial charge is 0.259 e. The fourth-order valence-electron chi connectivity index (χ4n) is 2.96. The molecule has 2 aromatic heterocycles. The number of aromatic nitrogens is 3. The molecule has 7 nitrogen and oxygen atoms in total. The van der Waals surface area contributed by atoms with E-state index in [-0.39, 0.29) is 0 Å². The van der Waals surface area contributed by atoms with Crippen LogP contribution in [0.25, 0.3) is 11.5 Å². The lowest BCUT2D eigenvalue weighted by Crippen LogP contribution is -2.22. The highest BCUT2D eigenvalue weighted by Gasteiger charge is 2.15. The summed E-state index contributed by atoms with van der Waals surface area (Å²) in [5.41, 5.74) is 1.91. The standard InChI is InChI=1S/C19H21N5O2/c1-25-16-5-2-13(3-6-16)10-18-23-19(26-24-18)14-4-7-17(21-11-14)22-15-8-9-20-12-15/h2-7,11,15,20H,8-10,12H2,1H3,(H,21,22). The highest BCUT2D eigenvalue weighted by molar-refractivity contribution is 5.54. The van der Waals surface area contributed by atoms with Crippen LogP contribution in [0, 0.1) is 0 Å². The Kier molecular flexibility index (Phi) is 4.79. The van der Waals surface area contributed by atoms with Crippen molar-refractivity contribution in [3.05, 3.63) is 54.0 Å². The zero-order valence-electron chi connectivity index (χ0n) is 14.6. The van der Waals surface area contributed by atoms with E-state index in [0.717, 1.165) is 42.2 Å². The van der Waals surface area contributed by atoms with E-state index in [1.165, 1.54) is 0 Å². The van der Waals surface area contributed by atoms with E-state index >= 15 is 0 Å². The van der Waals surface area contributed by atoms with E-state index in [2.05, 4.69) is 25.8 Å². The maximum Gasteiger partial charge on any atom is 0.259 e. The van der Waals surface area contributed by atoms with Gasteiger partial charge in [0.15, 0.2) is 5.82 Å². The first-order valence-corrected chi connectivity index (χ1v) is 8.69. The number of anilines is 1. The van der Waals surface area contributed by atoms with Crippen LogP contribution >= 0.6 is 0 Å². The number of hydrogen-bond donors (Lipinski definition) is 2. The van der Waals surface area contributed by atoms with Gasteiger partial charge in [-0.1, -0.05) is 17.3 Å². The molecule has 1 aliphatic rings. The molecule has 2 N–H and O–H groups in total. The predicted octanol–water partition coefficient (Wildman–Crippen LogP) is 2.50. The van der Waals surface area contributed by atoms with E-state index in [1.807, 2.05) is 36.4 Å². The van der Waals surface area contributed by atoms with Crippen molar-refractivity contribution in [2.75, 3.05) is 25.5 Å². The Bertz CT molecular complexity index is 839. The maximum atomic E-state index is 5.38. The van der Waals surface area contributed by atoms with Crippen LogP contribution in [-0.4, -0.2) is 41.4 Å². The minimum atomic E-state index is 0.438. The van der Waals surface area contributed by atoms with Gasteiger partial charge in [-0.05, 0) is 42.8 Å². The van der Waals surface area contributed by atoms with Gasteiger partial charge in [0.2, 0.25) is 0 Å². The van der Waals surface area contributed by atoms with Crippen molar-refractivity contribution >= 4 is 5.82 Å². The van der Waals surface area contributed by atoms with Gasteiger partial charge >= 0.3 is 0 Å². The summed E-state index contributed by atoms with van der Waals surface area (Å²) in [6.07, 6.45) is 3.48. The van der Waals surface area contributed by atoms with Gasteiger partial charge in [-0.3, -0.25) is 0 Å². The van der Waals surface area contributed by atoms with Gasteiger partial charge in [0.1, 0.15) is 11.6 Å². The Hall–Kier alpha value is -2.93. The summed E-state index contributed by atoms with van der Waals surface area (Å²) in [7, 11) is 1.65. The summed E-state index contributed by atoms with van der Waals surface area (Å²) >= 11 is 0. The van der Waals surface area contributed by atoms with E-state index in [9.17, 15) is 0 Å². The van der Waals surface area contributed by atoms with Crippen molar-refractivity contribution in [3.63, 3.8) is 0 Å². The zero-order valence-corrected chi connectivity index (χ0v) is 14.6. The molecule has 1 saturated heterocycles. The lowest BCUT2D eigenvalue weighted by molar-refractivity contribution is 0.414. The summed E-state index contributed by atoms with van der Waals surface area (Å²) in [4.78, 5) is 8.92. The second-order valence-corrected chi connectivity index (χ2v) is 6.31. The molecular weight excluding hydrogens is 330 g/mol. The van der Waals surface area contributed by atoms with Crippen LogP contribution in [0.2, 0.25) is 0 Å². The van der Waals surface area contributed by atoms with Crippen molar-refractivity contribution in [1.82, 2.24) is 20.4 Å². The molecule has 3 aromatic rings. The molecule has 1 unspecified atom stereocenters. The first-order valence-electron chi connectivity index (χ1n) is 8.69. The normalized spacial score (nSPS) is 16.6. The third kappa shape index (κ3) is 3.83. The average Bonchev–Trinajstić information content (AvgIpc) is 3.35. The van der Waals surface area contributed by atoms with Crippen LogP contribution < -0.4 is 15.4 Å². The molecule has 7 heteroatoms. The van der Waals surface area contributed by atoms with Gasteiger partial charge in [-0.15, -0.1) is 0 Å². The lowest BCUT2D eigenvalue weighted by atomic mass is 10.1. The monoisotopic (exact) mass is 351 g/mol. The fraction of sp³-hybridized carbons (Fsp3) is 0.316. The number of methoxy groups -OCH3 is 1. The summed E-state index contributed by atoms with van der Waals surface area (Å²) in [5, 5.41) is 10.8. The molecule has 1 aliphatic heterocycles. The molecule has 1 aromatic carbocycles. The lowest BCUT2D eigenvalue weighted by Gasteiger charge is -2.11. The SMILES string of the molecule is COc1ccc(Cc2noc(-c3ccc(NC4CCNC4)nc3)n2)cc1. The van der Waals surface area contributed by atoms with Gasteiger partial charge in [0, 0.05) is 25.2 Å². The molecule has 0 amide bonds. The Morgan fingerprint density at radius 1 is 1.23 bits per heavy atom. The molecule has 0 bridgehead atoms. The Balaban J connectivity index is 1.41. The molecule has 4 rings (SSSR count). The van der Waals surface area contributed by atoms with Crippen molar-refractivity contribution in [2.45, 2.75) is 18.9 Å². The average molecular weight is 351 g/mol. The van der Waals surface area contributed by atoms with Crippen molar-refractivity contribution < 1.29 is 9.26 Å². The van der Waals surface area contributed by atoms with Crippen LogP contribution in [0.4, 0.5) is 5.82 Å². The topological polar surface area (TPSA) is 85.1 Å². The van der Waals surface area contributed by atoms with Gasteiger partial charge in [0.25, 0.3) is 5.89 Å². The molecule has 0 spiro atoms. The molecule has 0 saturated carbocycles. The minimum absolute atomic E-state index is 0.438. The Morgan fingerprint density at radius 3 is 2.81 bits per heavy atom. The highest BCUT2D eigenvalue weighted by atomic mass is 16.5. The van der Waals surface area contributed by atoms with Crippen LogP contribution in [0.5, 0.6) is 5.75 Å². The number of hydrogen-bond acceptors (Lipinski definition) is 7.